The van der Waals surface area contributed by atoms with Crippen LogP contribution in [0.2, 0.25) is 0 Å². The van der Waals surface area contributed by atoms with Gasteiger partial charge in [-0.05, 0) is 30.9 Å². The first-order valence-electron chi connectivity index (χ1n) is 8.61. The number of alkyl halides is 3. The summed E-state index contributed by atoms with van der Waals surface area (Å²) in [5.74, 6) is -2.38. The van der Waals surface area contributed by atoms with E-state index in [2.05, 4.69) is 10.1 Å². The van der Waals surface area contributed by atoms with Gasteiger partial charge in [-0.3, -0.25) is 9.59 Å². The lowest BCUT2D eigenvalue weighted by molar-refractivity contribution is -0.274. The van der Waals surface area contributed by atoms with E-state index in [-0.39, 0.29) is 18.2 Å². The molecule has 0 aliphatic carbocycles. The van der Waals surface area contributed by atoms with Crippen LogP contribution in [0.5, 0.6) is 5.75 Å². The largest absolute Gasteiger partial charge is 0.573 e. The molecule has 1 saturated heterocycles. The second-order valence-electron chi connectivity index (χ2n) is 6.48. The van der Waals surface area contributed by atoms with Crippen molar-refractivity contribution in [1.82, 2.24) is 5.32 Å². The number of rotatable bonds is 7. The van der Waals surface area contributed by atoms with Crippen LogP contribution >= 0.6 is 0 Å². The standard InChI is InChI=1S/C17H22F3N3O5/c18-17(19,20)28-12-4-2-1-3-11(12)23-7-5-10(6-8-23)9-22-16(27)14(25)13(24)15(21)26/h1-4,10,13-14,24-25H,5-9H2,(H2,21,26)(H,22,27). The highest BCUT2D eigenvalue weighted by molar-refractivity contribution is 5.89. The molecule has 8 nitrogen and oxygen atoms in total. The number of carbonyl (C=O) groups excluding carboxylic acids is 2. The van der Waals surface area contributed by atoms with E-state index in [1.165, 1.54) is 12.1 Å². The van der Waals surface area contributed by atoms with Crippen LogP contribution in [-0.2, 0) is 9.59 Å². The fourth-order valence-corrected chi connectivity index (χ4v) is 2.96. The maximum absolute atomic E-state index is 12.6. The van der Waals surface area contributed by atoms with Crippen molar-refractivity contribution >= 4 is 17.5 Å². The number of carbonyl (C=O) groups is 2. The molecule has 0 saturated carbocycles. The third kappa shape index (κ3) is 5.99. The van der Waals surface area contributed by atoms with Crippen molar-refractivity contribution in [3.05, 3.63) is 24.3 Å². The number of nitrogens with zero attached hydrogens (tertiary/aromatic N) is 1. The third-order valence-electron chi connectivity index (χ3n) is 4.47. The zero-order valence-corrected chi connectivity index (χ0v) is 14.9. The predicted octanol–water partition coefficient (Wildman–Crippen LogP) is 0.125. The van der Waals surface area contributed by atoms with E-state index in [0.717, 1.165) is 0 Å². The lowest BCUT2D eigenvalue weighted by Crippen LogP contribution is -2.49. The fraction of sp³-hybridized carbons (Fsp3) is 0.529. The number of aliphatic hydroxyl groups is 2. The third-order valence-corrected chi connectivity index (χ3v) is 4.47. The molecule has 0 bridgehead atoms. The van der Waals surface area contributed by atoms with Crippen molar-refractivity contribution in [2.75, 3.05) is 24.5 Å². The summed E-state index contributed by atoms with van der Waals surface area (Å²) in [4.78, 5) is 24.3. The highest BCUT2D eigenvalue weighted by atomic mass is 19.4. The van der Waals surface area contributed by atoms with Crippen molar-refractivity contribution in [3.8, 4) is 5.75 Å². The first-order valence-corrected chi connectivity index (χ1v) is 8.61. The van der Waals surface area contributed by atoms with E-state index in [4.69, 9.17) is 5.73 Å². The zero-order chi connectivity index (χ0) is 20.9. The molecule has 2 atom stereocenters. The first-order chi connectivity index (χ1) is 13.1. The van der Waals surface area contributed by atoms with Crippen molar-refractivity contribution in [2.45, 2.75) is 31.4 Å². The minimum Gasteiger partial charge on any atom is -0.404 e. The molecule has 1 aliphatic rings. The van der Waals surface area contributed by atoms with Crippen molar-refractivity contribution in [2.24, 2.45) is 11.7 Å². The van der Waals surface area contributed by atoms with Gasteiger partial charge < -0.3 is 30.9 Å². The minimum atomic E-state index is -4.78. The Balaban J connectivity index is 1.87. The van der Waals surface area contributed by atoms with E-state index >= 15 is 0 Å². The van der Waals surface area contributed by atoms with Crippen LogP contribution in [0.3, 0.4) is 0 Å². The number of nitrogens with one attached hydrogen (secondary N) is 1. The maximum Gasteiger partial charge on any atom is 0.573 e. The van der Waals surface area contributed by atoms with Gasteiger partial charge >= 0.3 is 6.36 Å². The fourth-order valence-electron chi connectivity index (χ4n) is 2.96. The average Bonchev–Trinajstić information content (AvgIpc) is 2.64. The number of primary amides is 1. The van der Waals surface area contributed by atoms with E-state index in [0.29, 0.717) is 31.6 Å². The topological polar surface area (TPSA) is 125 Å². The molecule has 1 heterocycles. The van der Waals surface area contributed by atoms with E-state index in [1.54, 1.807) is 17.0 Å². The molecule has 0 spiro atoms. The van der Waals surface area contributed by atoms with Gasteiger partial charge in [-0.25, -0.2) is 0 Å². The van der Waals surface area contributed by atoms with E-state index < -0.39 is 30.4 Å². The van der Waals surface area contributed by atoms with Crippen molar-refractivity contribution in [1.29, 1.82) is 0 Å². The Hall–Kier alpha value is -2.53. The first kappa shape index (κ1) is 21.8. The monoisotopic (exact) mass is 405 g/mol. The van der Waals surface area contributed by atoms with Crippen LogP contribution in [0.25, 0.3) is 0 Å². The van der Waals surface area contributed by atoms with Gasteiger partial charge in [0.2, 0.25) is 5.91 Å². The van der Waals surface area contributed by atoms with Crippen LogP contribution in [-0.4, -0.2) is 60.2 Å². The summed E-state index contributed by atoms with van der Waals surface area (Å²) in [5, 5.41) is 21.2. The number of nitrogens with two attached hydrogens (primary N) is 1. The molecular weight excluding hydrogens is 383 g/mol. The van der Waals surface area contributed by atoms with Crippen molar-refractivity contribution in [3.63, 3.8) is 0 Å². The van der Waals surface area contributed by atoms with Gasteiger partial charge in [-0.15, -0.1) is 13.2 Å². The molecule has 2 amide bonds. The molecule has 11 heteroatoms. The van der Waals surface area contributed by atoms with Gasteiger partial charge in [0.05, 0.1) is 5.69 Å². The van der Waals surface area contributed by atoms with Crippen LogP contribution < -0.4 is 20.7 Å². The van der Waals surface area contributed by atoms with E-state index in [1.807, 2.05) is 0 Å². The predicted molar refractivity (Wildman–Crippen MR) is 92.3 cm³/mol. The Morgan fingerprint density at radius 2 is 1.82 bits per heavy atom. The van der Waals surface area contributed by atoms with Gasteiger partial charge in [0.15, 0.2) is 18.0 Å². The van der Waals surface area contributed by atoms with Gasteiger partial charge in [-0.1, -0.05) is 12.1 Å². The minimum absolute atomic E-state index is 0.0221. The van der Waals surface area contributed by atoms with Gasteiger partial charge in [-0.2, -0.15) is 0 Å². The van der Waals surface area contributed by atoms with Gasteiger partial charge in [0, 0.05) is 19.6 Å². The van der Waals surface area contributed by atoms with Gasteiger partial charge in [0.25, 0.3) is 5.91 Å². The number of ether oxygens (including phenoxy) is 1. The number of amides is 2. The molecule has 1 aromatic carbocycles. The summed E-state index contributed by atoms with van der Waals surface area (Å²) in [6.07, 6.45) is -7.57. The van der Waals surface area contributed by atoms with Crippen LogP contribution in [0.15, 0.2) is 24.3 Å². The Morgan fingerprint density at radius 1 is 1.21 bits per heavy atom. The SMILES string of the molecule is NC(=O)C(O)C(O)C(=O)NCC1CCN(c2ccccc2OC(F)(F)F)CC1. The summed E-state index contributed by atoms with van der Waals surface area (Å²) < 4.78 is 41.7. The number of anilines is 1. The normalized spacial score (nSPS) is 17.7. The molecule has 1 aromatic rings. The Bertz CT molecular complexity index is 693. The molecule has 5 N–H and O–H groups in total. The average molecular weight is 405 g/mol. The highest BCUT2D eigenvalue weighted by Gasteiger charge is 2.33. The number of benzene rings is 1. The van der Waals surface area contributed by atoms with Crippen LogP contribution in [0.4, 0.5) is 18.9 Å². The number of aliphatic hydroxyl groups excluding tert-OH is 2. The molecule has 156 valence electrons. The summed E-state index contributed by atoms with van der Waals surface area (Å²) >= 11 is 0. The summed E-state index contributed by atoms with van der Waals surface area (Å²) in [7, 11) is 0. The number of halogens is 3. The van der Waals surface area contributed by atoms with Crippen LogP contribution in [0, 0.1) is 5.92 Å². The molecular formula is C17H22F3N3O5. The second kappa shape index (κ2) is 9.11. The molecule has 28 heavy (non-hydrogen) atoms. The Labute approximate surface area is 159 Å². The van der Waals surface area contributed by atoms with Crippen molar-refractivity contribution < 1.29 is 37.7 Å². The summed E-state index contributed by atoms with van der Waals surface area (Å²) in [6, 6.07) is 5.88. The van der Waals surface area contributed by atoms with Crippen LogP contribution in [0.1, 0.15) is 12.8 Å². The Kier molecular flexibility index (Phi) is 7.08. The number of hydrogen-bond donors (Lipinski definition) is 4. The Morgan fingerprint density at radius 3 is 2.39 bits per heavy atom. The number of piperidine rings is 1. The number of hydrogen-bond acceptors (Lipinski definition) is 6. The molecule has 0 aromatic heterocycles. The molecule has 2 unspecified atom stereocenters. The molecule has 0 radical (unpaired) electrons. The molecule has 2 rings (SSSR count). The van der Waals surface area contributed by atoms with E-state index in [9.17, 15) is 33.0 Å². The molecule has 1 fully saturated rings. The maximum atomic E-state index is 12.6. The zero-order valence-electron chi connectivity index (χ0n) is 14.9. The smallest absolute Gasteiger partial charge is 0.404 e. The van der Waals surface area contributed by atoms with Gasteiger partial charge in [0.1, 0.15) is 0 Å². The summed E-state index contributed by atoms with van der Waals surface area (Å²) in [5.41, 5.74) is 5.16. The lowest BCUT2D eigenvalue weighted by Gasteiger charge is -2.34. The lowest BCUT2D eigenvalue weighted by atomic mass is 9.96. The summed E-state index contributed by atoms with van der Waals surface area (Å²) in [6.45, 7) is 1.09. The highest BCUT2D eigenvalue weighted by Crippen LogP contribution is 2.34. The number of para-hydroxylation sites is 2. The second-order valence-corrected chi connectivity index (χ2v) is 6.48. The molecule has 1 aliphatic heterocycles. The quantitative estimate of drug-likeness (QED) is 0.511.